The fraction of sp³-hybridized carbons (Fsp3) is 0.364. The van der Waals surface area contributed by atoms with Crippen molar-refractivity contribution in [3.8, 4) is 5.75 Å². The molecule has 1 atom stereocenters. The van der Waals surface area contributed by atoms with Crippen LogP contribution < -0.4 is 15.4 Å². The molecule has 2 aromatic carbocycles. The van der Waals surface area contributed by atoms with Gasteiger partial charge in [-0.3, -0.25) is 9.59 Å². The van der Waals surface area contributed by atoms with Crippen LogP contribution >= 0.6 is 0 Å². The first-order valence-electron chi connectivity index (χ1n) is 9.37. The van der Waals surface area contributed by atoms with Crippen molar-refractivity contribution in [2.75, 3.05) is 24.4 Å². The Hall–Kier alpha value is -2.86. The van der Waals surface area contributed by atoms with Gasteiger partial charge in [-0.15, -0.1) is 0 Å². The minimum atomic E-state index is -0.535. The van der Waals surface area contributed by atoms with Crippen LogP contribution in [0.5, 0.6) is 5.75 Å². The number of para-hydroxylation sites is 2. The monoisotopic (exact) mass is 384 g/mol. The van der Waals surface area contributed by atoms with Crippen molar-refractivity contribution in [1.82, 2.24) is 0 Å². The topological polar surface area (TPSA) is 76.7 Å². The summed E-state index contributed by atoms with van der Waals surface area (Å²) in [4.78, 5) is 24.6. The first kappa shape index (κ1) is 21.4. The summed E-state index contributed by atoms with van der Waals surface area (Å²) in [5, 5.41) is 5.62. The molecule has 6 nitrogen and oxygen atoms in total. The zero-order valence-corrected chi connectivity index (χ0v) is 16.8. The Labute approximate surface area is 166 Å². The highest BCUT2D eigenvalue weighted by Gasteiger charge is 2.14. The van der Waals surface area contributed by atoms with Gasteiger partial charge in [0.25, 0.3) is 11.8 Å². The zero-order chi connectivity index (χ0) is 20.5. The van der Waals surface area contributed by atoms with Crippen LogP contribution in [-0.4, -0.2) is 31.6 Å². The number of hydrogen-bond acceptors (Lipinski definition) is 4. The second kappa shape index (κ2) is 10.5. The Bertz CT molecular complexity index is 787. The SMILES string of the molecule is COc1ccccc1NC(=O)c1ccc(NC(=O)C(C)OCCC(C)C)cc1. The average molecular weight is 384 g/mol. The normalized spacial score (nSPS) is 11.8. The number of methoxy groups -OCH3 is 1. The van der Waals surface area contributed by atoms with Crippen LogP contribution in [0.1, 0.15) is 37.6 Å². The molecule has 0 spiro atoms. The fourth-order valence-electron chi connectivity index (χ4n) is 2.45. The summed E-state index contributed by atoms with van der Waals surface area (Å²) in [5.74, 6) is 0.652. The van der Waals surface area contributed by atoms with Crippen molar-refractivity contribution in [2.45, 2.75) is 33.3 Å². The molecule has 1 unspecified atom stereocenters. The van der Waals surface area contributed by atoms with E-state index in [1.807, 2.05) is 12.1 Å². The number of benzene rings is 2. The molecule has 0 aliphatic carbocycles. The molecule has 150 valence electrons. The number of hydrogen-bond donors (Lipinski definition) is 2. The lowest BCUT2D eigenvalue weighted by Crippen LogP contribution is -2.28. The molecule has 28 heavy (non-hydrogen) atoms. The van der Waals surface area contributed by atoms with Gasteiger partial charge in [-0.2, -0.15) is 0 Å². The van der Waals surface area contributed by atoms with Gasteiger partial charge in [-0.1, -0.05) is 26.0 Å². The van der Waals surface area contributed by atoms with Gasteiger partial charge < -0.3 is 20.1 Å². The van der Waals surface area contributed by atoms with Crippen molar-refractivity contribution in [3.63, 3.8) is 0 Å². The second-order valence-corrected chi connectivity index (χ2v) is 6.92. The number of anilines is 2. The molecular weight excluding hydrogens is 356 g/mol. The molecule has 0 saturated carbocycles. The number of carbonyl (C=O) groups excluding carboxylic acids is 2. The third kappa shape index (κ3) is 6.39. The van der Waals surface area contributed by atoms with Crippen LogP contribution in [-0.2, 0) is 9.53 Å². The van der Waals surface area contributed by atoms with Gasteiger partial charge in [-0.05, 0) is 55.7 Å². The highest BCUT2D eigenvalue weighted by molar-refractivity contribution is 6.05. The molecule has 0 aliphatic rings. The van der Waals surface area contributed by atoms with E-state index in [0.29, 0.717) is 35.2 Å². The number of nitrogens with one attached hydrogen (secondary N) is 2. The van der Waals surface area contributed by atoms with Crippen LogP contribution in [0.15, 0.2) is 48.5 Å². The Morgan fingerprint density at radius 1 is 0.964 bits per heavy atom. The quantitative estimate of drug-likeness (QED) is 0.674. The Morgan fingerprint density at radius 3 is 2.29 bits per heavy atom. The highest BCUT2D eigenvalue weighted by atomic mass is 16.5. The van der Waals surface area contributed by atoms with E-state index >= 15 is 0 Å². The summed E-state index contributed by atoms with van der Waals surface area (Å²) in [7, 11) is 1.55. The molecule has 0 fully saturated rings. The van der Waals surface area contributed by atoms with Crippen molar-refractivity contribution in [3.05, 3.63) is 54.1 Å². The molecule has 0 heterocycles. The molecule has 2 amide bonds. The molecule has 0 aliphatic heterocycles. The maximum absolute atomic E-state index is 12.4. The molecule has 2 aromatic rings. The first-order chi connectivity index (χ1) is 13.4. The third-order valence-corrected chi connectivity index (χ3v) is 4.20. The minimum Gasteiger partial charge on any atom is -0.495 e. The van der Waals surface area contributed by atoms with Crippen molar-refractivity contribution in [1.29, 1.82) is 0 Å². The van der Waals surface area contributed by atoms with E-state index in [9.17, 15) is 9.59 Å². The van der Waals surface area contributed by atoms with Crippen molar-refractivity contribution < 1.29 is 19.1 Å². The van der Waals surface area contributed by atoms with Crippen LogP contribution in [0.25, 0.3) is 0 Å². The summed E-state index contributed by atoms with van der Waals surface area (Å²) in [6.07, 6.45) is 0.375. The molecular formula is C22H28N2O4. The van der Waals surface area contributed by atoms with Gasteiger partial charge >= 0.3 is 0 Å². The van der Waals surface area contributed by atoms with Gasteiger partial charge in [0.2, 0.25) is 0 Å². The van der Waals surface area contributed by atoms with E-state index in [2.05, 4.69) is 24.5 Å². The standard InChI is InChI=1S/C22H28N2O4/c1-15(2)13-14-28-16(3)21(25)23-18-11-9-17(10-12-18)22(26)24-19-7-5-6-8-20(19)27-4/h5-12,15-16H,13-14H2,1-4H3,(H,23,25)(H,24,26). The molecule has 0 radical (unpaired) electrons. The second-order valence-electron chi connectivity index (χ2n) is 6.92. The molecule has 6 heteroatoms. The lowest BCUT2D eigenvalue weighted by Gasteiger charge is -2.14. The first-order valence-corrected chi connectivity index (χ1v) is 9.37. The minimum absolute atomic E-state index is 0.213. The molecule has 0 aromatic heterocycles. The zero-order valence-electron chi connectivity index (χ0n) is 16.8. The van der Waals surface area contributed by atoms with E-state index in [4.69, 9.17) is 9.47 Å². The number of ether oxygens (including phenoxy) is 2. The lowest BCUT2D eigenvalue weighted by atomic mass is 10.1. The van der Waals surface area contributed by atoms with Crippen LogP contribution in [0.2, 0.25) is 0 Å². The van der Waals surface area contributed by atoms with E-state index in [1.54, 1.807) is 50.4 Å². The van der Waals surface area contributed by atoms with Crippen LogP contribution in [0.4, 0.5) is 11.4 Å². The largest absolute Gasteiger partial charge is 0.495 e. The summed E-state index contributed by atoms with van der Waals surface area (Å²) >= 11 is 0. The maximum Gasteiger partial charge on any atom is 0.255 e. The van der Waals surface area contributed by atoms with Gasteiger partial charge in [-0.25, -0.2) is 0 Å². The predicted molar refractivity (Wildman–Crippen MR) is 111 cm³/mol. The summed E-state index contributed by atoms with van der Waals surface area (Å²) in [5.41, 5.74) is 1.68. The van der Waals surface area contributed by atoms with Crippen molar-refractivity contribution >= 4 is 23.2 Å². The molecule has 2 rings (SSSR count). The smallest absolute Gasteiger partial charge is 0.255 e. The van der Waals surface area contributed by atoms with Gasteiger partial charge in [0.05, 0.1) is 12.8 Å². The van der Waals surface area contributed by atoms with Gasteiger partial charge in [0.15, 0.2) is 0 Å². The lowest BCUT2D eigenvalue weighted by molar-refractivity contribution is -0.126. The van der Waals surface area contributed by atoms with Crippen LogP contribution in [0.3, 0.4) is 0 Å². The fourth-order valence-corrected chi connectivity index (χ4v) is 2.45. The Balaban J connectivity index is 1.91. The van der Waals surface area contributed by atoms with Gasteiger partial charge in [0.1, 0.15) is 11.9 Å². The Morgan fingerprint density at radius 2 is 1.64 bits per heavy atom. The Kier molecular flexibility index (Phi) is 8.02. The molecule has 0 bridgehead atoms. The van der Waals surface area contributed by atoms with E-state index in [1.165, 1.54) is 0 Å². The number of rotatable bonds is 9. The summed E-state index contributed by atoms with van der Waals surface area (Å²) in [6, 6.07) is 13.9. The maximum atomic E-state index is 12.4. The third-order valence-electron chi connectivity index (χ3n) is 4.20. The highest BCUT2D eigenvalue weighted by Crippen LogP contribution is 2.23. The number of carbonyl (C=O) groups is 2. The van der Waals surface area contributed by atoms with Gasteiger partial charge in [0, 0.05) is 17.9 Å². The van der Waals surface area contributed by atoms with E-state index in [0.717, 1.165) is 6.42 Å². The predicted octanol–water partition coefficient (Wildman–Crippen LogP) is 4.34. The molecule has 2 N–H and O–H groups in total. The summed E-state index contributed by atoms with van der Waals surface area (Å²) in [6.45, 7) is 6.50. The average Bonchev–Trinajstić information content (AvgIpc) is 2.68. The van der Waals surface area contributed by atoms with E-state index in [-0.39, 0.29) is 11.8 Å². The molecule has 0 saturated heterocycles. The summed E-state index contributed by atoms with van der Waals surface area (Å²) < 4.78 is 10.8. The van der Waals surface area contributed by atoms with Crippen LogP contribution in [0, 0.1) is 5.92 Å². The number of amides is 2. The van der Waals surface area contributed by atoms with E-state index < -0.39 is 6.10 Å². The van der Waals surface area contributed by atoms with Crippen molar-refractivity contribution in [2.24, 2.45) is 5.92 Å².